The van der Waals surface area contributed by atoms with E-state index >= 15 is 0 Å². The van der Waals surface area contributed by atoms with Crippen LogP contribution < -0.4 is 4.74 Å². The van der Waals surface area contributed by atoms with Crippen molar-refractivity contribution in [2.45, 2.75) is 19.4 Å². The van der Waals surface area contributed by atoms with Gasteiger partial charge in [-0.1, -0.05) is 17.7 Å². The van der Waals surface area contributed by atoms with Crippen molar-refractivity contribution in [1.82, 2.24) is 4.90 Å². The lowest BCUT2D eigenvalue weighted by Crippen LogP contribution is -2.38. The number of hydrogen-bond acceptors (Lipinski definition) is 2. The largest absolute Gasteiger partial charge is 0.497 e. The third-order valence-corrected chi connectivity index (χ3v) is 4.49. The van der Waals surface area contributed by atoms with Gasteiger partial charge >= 0.3 is 0 Å². The maximum atomic E-state index is 12.7. The quantitative estimate of drug-likeness (QED) is 0.834. The number of hydrogen-bond donors (Lipinski definition) is 0. The molecule has 1 atom stereocenters. The normalized spacial score (nSPS) is 17.0. The number of carbonyl (C=O) groups excluding carboxylic acids is 1. The molecule has 0 aromatic heterocycles. The summed E-state index contributed by atoms with van der Waals surface area (Å²) in [6, 6.07) is 13.2. The molecule has 1 aliphatic heterocycles. The van der Waals surface area contributed by atoms with E-state index in [9.17, 15) is 4.79 Å². The maximum absolute atomic E-state index is 12.7. The third kappa shape index (κ3) is 2.69. The van der Waals surface area contributed by atoms with Gasteiger partial charge in [0.25, 0.3) is 5.91 Å². The van der Waals surface area contributed by atoms with E-state index in [1.807, 2.05) is 11.0 Å². The van der Waals surface area contributed by atoms with Gasteiger partial charge in [0.2, 0.25) is 0 Å². The van der Waals surface area contributed by atoms with Crippen LogP contribution in [-0.2, 0) is 6.42 Å². The molecule has 0 N–H and O–H groups in total. The number of amides is 1. The van der Waals surface area contributed by atoms with Gasteiger partial charge in [-0.2, -0.15) is 0 Å². The van der Waals surface area contributed by atoms with Crippen LogP contribution in [0, 0.1) is 0 Å². The van der Waals surface area contributed by atoms with Crippen molar-refractivity contribution in [2.75, 3.05) is 13.7 Å². The fourth-order valence-electron chi connectivity index (χ4n) is 2.97. The Morgan fingerprint density at radius 2 is 1.95 bits per heavy atom. The summed E-state index contributed by atoms with van der Waals surface area (Å²) in [5.41, 5.74) is 3.12. The Hall–Kier alpha value is -2.00. The first kappa shape index (κ1) is 14.9. The van der Waals surface area contributed by atoms with Gasteiger partial charge in [-0.15, -0.1) is 0 Å². The molecular weight excluding hydrogens is 298 g/mol. The molecule has 0 radical (unpaired) electrons. The average Bonchev–Trinajstić information content (AvgIpc) is 2.55. The first-order valence-corrected chi connectivity index (χ1v) is 7.71. The van der Waals surface area contributed by atoms with Crippen LogP contribution >= 0.6 is 11.6 Å². The first-order chi connectivity index (χ1) is 10.6. The van der Waals surface area contributed by atoms with E-state index < -0.39 is 0 Å². The number of ether oxygens (including phenoxy) is 1. The van der Waals surface area contributed by atoms with Gasteiger partial charge in [-0.05, 0) is 60.9 Å². The molecule has 0 aliphatic carbocycles. The van der Waals surface area contributed by atoms with Gasteiger partial charge in [0.1, 0.15) is 5.75 Å². The number of carbonyl (C=O) groups is 1. The zero-order valence-corrected chi connectivity index (χ0v) is 13.4. The molecule has 1 aliphatic rings. The molecule has 3 rings (SSSR count). The Labute approximate surface area is 135 Å². The lowest BCUT2D eigenvalue weighted by molar-refractivity contribution is 0.0677. The van der Waals surface area contributed by atoms with Crippen LogP contribution in [0.3, 0.4) is 0 Å². The van der Waals surface area contributed by atoms with Crippen LogP contribution in [0.15, 0.2) is 42.5 Å². The van der Waals surface area contributed by atoms with Gasteiger partial charge in [0.15, 0.2) is 0 Å². The van der Waals surface area contributed by atoms with Crippen molar-refractivity contribution in [3.8, 4) is 5.75 Å². The number of fused-ring (bicyclic) bond motifs is 1. The minimum absolute atomic E-state index is 0.0469. The second-order valence-corrected chi connectivity index (χ2v) is 5.93. The van der Waals surface area contributed by atoms with Crippen LogP contribution in [-0.4, -0.2) is 24.5 Å². The second-order valence-electron chi connectivity index (χ2n) is 5.50. The molecule has 1 amide bonds. The first-order valence-electron chi connectivity index (χ1n) is 7.33. The Bertz CT molecular complexity index is 697. The molecule has 1 heterocycles. The highest BCUT2D eigenvalue weighted by molar-refractivity contribution is 6.30. The molecule has 0 bridgehead atoms. The Balaban J connectivity index is 1.87. The maximum Gasteiger partial charge on any atom is 0.254 e. The van der Waals surface area contributed by atoms with Crippen LogP contribution in [0.4, 0.5) is 0 Å². The number of halogens is 1. The van der Waals surface area contributed by atoms with E-state index in [-0.39, 0.29) is 11.9 Å². The molecule has 0 saturated heterocycles. The lowest BCUT2D eigenvalue weighted by atomic mass is 9.92. The summed E-state index contributed by atoms with van der Waals surface area (Å²) in [6.45, 7) is 2.78. The van der Waals surface area contributed by atoms with Crippen LogP contribution in [0.5, 0.6) is 5.75 Å². The highest BCUT2D eigenvalue weighted by atomic mass is 35.5. The number of nitrogens with zero attached hydrogens (tertiary/aromatic N) is 1. The van der Waals surface area contributed by atoms with Crippen molar-refractivity contribution >= 4 is 17.5 Å². The van der Waals surface area contributed by atoms with Crippen LogP contribution in [0.25, 0.3) is 0 Å². The SMILES string of the molecule is COc1ccc2c(c1)CCN(C(=O)c1ccc(Cl)cc1)C2C. The third-order valence-electron chi connectivity index (χ3n) is 4.24. The minimum atomic E-state index is 0.0469. The van der Waals surface area contributed by atoms with E-state index in [0.29, 0.717) is 17.1 Å². The molecule has 1 unspecified atom stereocenters. The molecule has 2 aromatic rings. The molecule has 0 spiro atoms. The predicted molar refractivity (Wildman–Crippen MR) is 87.6 cm³/mol. The topological polar surface area (TPSA) is 29.5 Å². The zero-order valence-electron chi connectivity index (χ0n) is 12.7. The van der Waals surface area contributed by atoms with E-state index in [1.165, 1.54) is 11.1 Å². The number of rotatable bonds is 2. The molecular formula is C18H18ClNO2. The molecule has 0 fully saturated rings. The predicted octanol–water partition coefficient (Wildman–Crippen LogP) is 4.11. The Kier molecular flexibility index (Phi) is 4.08. The standard InChI is InChI=1S/C18H18ClNO2/c1-12-17-8-7-16(22-2)11-14(17)9-10-20(12)18(21)13-3-5-15(19)6-4-13/h3-8,11-12H,9-10H2,1-2H3. The van der Waals surface area contributed by atoms with Gasteiger partial charge in [-0.25, -0.2) is 0 Å². The monoisotopic (exact) mass is 315 g/mol. The number of methoxy groups -OCH3 is 1. The summed E-state index contributed by atoms with van der Waals surface area (Å²) in [6.07, 6.45) is 0.843. The Morgan fingerprint density at radius 1 is 1.23 bits per heavy atom. The number of benzene rings is 2. The van der Waals surface area contributed by atoms with Gasteiger partial charge in [-0.3, -0.25) is 4.79 Å². The highest BCUT2D eigenvalue weighted by Crippen LogP contribution is 2.32. The Morgan fingerprint density at radius 3 is 2.64 bits per heavy atom. The lowest BCUT2D eigenvalue weighted by Gasteiger charge is -2.35. The summed E-state index contributed by atoms with van der Waals surface area (Å²) in [7, 11) is 1.67. The van der Waals surface area contributed by atoms with Crippen molar-refractivity contribution in [1.29, 1.82) is 0 Å². The van der Waals surface area contributed by atoms with Crippen molar-refractivity contribution in [2.24, 2.45) is 0 Å². The molecule has 0 saturated carbocycles. The molecule has 114 valence electrons. The average molecular weight is 316 g/mol. The van der Waals surface area contributed by atoms with Gasteiger partial charge in [0.05, 0.1) is 13.2 Å². The fourth-order valence-corrected chi connectivity index (χ4v) is 3.10. The van der Waals surface area contributed by atoms with Crippen molar-refractivity contribution < 1.29 is 9.53 Å². The zero-order chi connectivity index (χ0) is 15.7. The van der Waals surface area contributed by atoms with Crippen LogP contribution in [0.2, 0.25) is 5.02 Å². The van der Waals surface area contributed by atoms with Gasteiger partial charge in [0, 0.05) is 17.1 Å². The van der Waals surface area contributed by atoms with Gasteiger partial charge < -0.3 is 9.64 Å². The summed E-state index contributed by atoms with van der Waals surface area (Å²) in [5, 5.41) is 0.640. The summed E-state index contributed by atoms with van der Waals surface area (Å²) in [5.74, 6) is 0.911. The van der Waals surface area contributed by atoms with E-state index in [4.69, 9.17) is 16.3 Å². The molecule has 22 heavy (non-hydrogen) atoms. The van der Waals surface area contributed by atoms with Crippen LogP contribution in [0.1, 0.15) is 34.5 Å². The van der Waals surface area contributed by atoms with Crippen molar-refractivity contribution in [3.05, 3.63) is 64.2 Å². The van der Waals surface area contributed by atoms with E-state index in [1.54, 1.807) is 31.4 Å². The fraction of sp³-hybridized carbons (Fsp3) is 0.278. The highest BCUT2D eigenvalue weighted by Gasteiger charge is 2.28. The smallest absolute Gasteiger partial charge is 0.254 e. The summed E-state index contributed by atoms with van der Waals surface area (Å²) in [4.78, 5) is 14.6. The minimum Gasteiger partial charge on any atom is -0.497 e. The van der Waals surface area contributed by atoms with E-state index in [2.05, 4.69) is 19.1 Å². The van der Waals surface area contributed by atoms with E-state index in [0.717, 1.165) is 12.2 Å². The molecule has 4 heteroatoms. The summed E-state index contributed by atoms with van der Waals surface area (Å²) < 4.78 is 5.28. The van der Waals surface area contributed by atoms with Crippen molar-refractivity contribution in [3.63, 3.8) is 0 Å². The molecule has 2 aromatic carbocycles. The summed E-state index contributed by atoms with van der Waals surface area (Å²) >= 11 is 5.89. The molecule has 3 nitrogen and oxygen atoms in total. The second kappa shape index (κ2) is 6.01.